The number of rotatable bonds is 5. The van der Waals surface area contributed by atoms with Gasteiger partial charge < -0.3 is 14.8 Å². The maximum atomic E-state index is 13.6. The lowest BCUT2D eigenvalue weighted by atomic mass is 10.0. The number of nitrogens with zero attached hydrogens (tertiary/aromatic N) is 4. The van der Waals surface area contributed by atoms with E-state index in [-0.39, 0.29) is 34.8 Å². The average Bonchev–Trinajstić information content (AvgIpc) is 3.55. The number of para-hydroxylation sites is 2. The van der Waals surface area contributed by atoms with E-state index < -0.39 is 12.0 Å². The zero-order valence-electron chi connectivity index (χ0n) is 17.8. The van der Waals surface area contributed by atoms with E-state index in [9.17, 15) is 22.8 Å². The summed E-state index contributed by atoms with van der Waals surface area (Å²) in [6.45, 7) is 1.19. The van der Waals surface area contributed by atoms with Gasteiger partial charge in [-0.25, -0.2) is 10.1 Å². The maximum absolute atomic E-state index is 13.6. The first-order chi connectivity index (χ1) is 16.2. The third kappa shape index (κ3) is 4.38. The number of nitrogens with one attached hydrogen (secondary N) is 2. The number of thiophene rings is 1. The fourth-order valence-electron chi connectivity index (χ4n) is 4.23. The van der Waals surface area contributed by atoms with E-state index in [1.807, 2.05) is 11.9 Å². The Morgan fingerprint density at radius 1 is 1.21 bits per heavy atom. The van der Waals surface area contributed by atoms with Gasteiger partial charge in [0.1, 0.15) is 5.01 Å². The molecule has 13 heteroatoms. The number of alkyl halides is 3. The van der Waals surface area contributed by atoms with E-state index in [1.165, 1.54) is 0 Å². The molecule has 1 aliphatic heterocycles. The Balaban J connectivity index is 1.36. The highest BCUT2D eigenvalue weighted by molar-refractivity contribution is 7.14. The van der Waals surface area contributed by atoms with Gasteiger partial charge in [0.2, 0.25) is 5.82 Å². The molecule has 1 aliphatic rings. The maximum Gasteiger partial charge on any atom is 0.449 e. The Morgan fingerprint density at radius 3 is 2.74 bits per heavy atom. The molecule has 1 amide bonds. The molecule has 34 heavy (non-hydrogen) atoms. The minimum absolute atomic E-state index is 0.0523. The minimum atomic E-state index is -4.60. The number of fused-ring (bicyclic) bond motifs is 1. The van der Waals surface area contributed by atoms with Crippen molar-refractivity contribution in [2.75, 3.05) is 20.1 Å². The molecule has 5 rings (SSSR count). The third-order valence-corrected chi connectivity index (χ3v) is 7.65. The number of aromatic nitrogens is 4. The fourth-order valence-corrected chi connectivity index (χ4v) is 5.89. The van der Waals surface area contributed by atoms with Gasteiger partial charge in [-0.3, -0.25) is 9.59 Å². The summed E-state index contributed by atoms with van der Waals surface area (Å²) in [6, 6.07) is 9.48. The quantitative estimate of drug-likeness (QED) is 0.432. The highest BCUT2D eigenvalue weighted by Gasteiger charge is 2.38. The van der Waals surface area contributed by atoms with E-state index in [0.717, 1.165) is 27.2 Å². The van der Waals surface area contributed by atoms with Crippen LogP contribution in [-0.2, 0) is 12.7 Å². The normalized spacial score (nSPS) is 19.2. The Morgan fingerprint density at radius 2 is 2.00 bits per heavy atom. The number of likely N-dealkylation sites (tertiary alicyclic amines) is 1. The van der Waals surface area contributed by atoms with Gasteiger partial charge in [0.15, 0.2) is 0 Å². The van der Waals surface area contributed by atoms with Gasteiger partial charge in [-0.15, -0.1) is 11.3 Å². The van der Waals surface area contributed by atoms with Crippen LogP contribution in [0.1, 0.15) is 31.3 Å². The van der Waals surface area contributed by atoms with Crippen LogP contribution in [0.25, 0.3) is 11.0 Å². The number of hydrogen-bond donors (Lipinski definition) is 2. The molecule has 0 radical (unpaired) electrons. The first kappa shape index (κ1) is 22.7. The zero-order valence-corrected chi connectivity index (χ0v) is 19.4. The number of H-pyrrole nitrogens is 1. The van der Waals surface area contributed by atoms with Crippen LogP contribution >= 0.6 is 22.7 Å². The third-order valence-electron chi connectivity index (χ3n) is 5.70. The van der Waals surface area contributed by atoms with Crippen LogP contribution in [0, 0.1) is 0 Å². The smallest absolute Gasteiger partial charge is 0.347 e. The summed E-state index contributed by atoms with van der Waals surface area (Å²) >= 11 is 2.17. The largest absolute Gasteiger partial charge is 0.449 e. The van der Waals surface area contributed by atoms with Crippen molar-refractivity contribution < 1.29 is 18.0 Å². The molecule has 4 aromatic rings. The molecule has 2 N–H and O–H groups in total. The number of likely N-dealkylation sites (N-methyl/N-ethyl adjacent to an activating group) is 1. The number of amides is 1. The lowest BCUT2D eigenvalue weighted by Crippen LogP contribution is -2.39. The van der Waals surface area contributed by atoms with Crippen molar-refractivity contribution in [3.63, 3.8) is 0 Å². The molecule has 2 atom stereocenters. The summed E-state index contributed by atoms with van der Waals surface area (Å²) in [5.74, 6) is -1.40. The van der Waals surface area contributed by atoms with Crippen LogP contribution in [0.2, 0.25) is 0 Å². The molecule has 4 heterocycles. The number of carbonyl (C=O) groups is 1. The highest BCUT2D eigenvalue weighted by atomic mass is 32.1. The van der Waals surface area contributed by atoms with Gasteiger partial charge in [-0.2, -0.15) is 18.3 Å². The SMILES string of the molecule is CN1C[C@H](c2n[nH]c(=O)s2)[C@H](NC(=O)c2ccc(Cn3c(C(F)(F)F)nc4ccccc43)s2)C1. The number of imidazole rings is 1. The molecule has 8 nitrogen and oxygen atoms in total. The lowest BCUT2D eigenvalue weighted by Gasteiger charge is -2.17. The van der Waals surface area contributed by atoms with Crippen molar-refractivity contribution in [3.05, 3.63) is 66.7 Å². The number of hydrogen-bond acceptors (Lipinski definition) is 7. The van der Waals surface area contributed by atoms with E-state index >= 15 is 0 Å². The Bertz CT molecular complexity index is 1410. The van der Waals surface area contributed by atoms with Crippen molar-refractivity contribution >= 4 is 39.6 Å². The van der Waals surface area contributed by atoms with Gasteiger partial charge >= 0.3 is 11.0 Å². The number of halogens is 3. The second-order valence-electron chi connectivity index (χ2n) is 8.13. The van der Waals surface area contributed by atoms with Crippen LogP contribution in [0.5, 0.6) is 0 Å². The second-order valence-corrected chi connectivity index (χ2v) is 10.3. The van der Waals surface area contributed by atoms with Crippen molar-refractivity contribution in [3.8, 4) is 0 Å². The summed E-state index contributed by atoms with van der Waals surface area (Å²) in [5, 5.41) is 10.1. The first-order valence-electron chi connectivity index (χ1n) is 10.3. The van der Waals surface area contributed by atoms with Crippen LogP contribution in [0.15, 0.2) is 41.2 Å². The number of benzene rings is 1. The average molecular weight is 509 g/mol. The standard InChI is InChI=1S/C21H19F3N6O2S2/c1-29-9-12(18-27-28-20(32)34-18)14(10-29)25-17(31)16-7-6-11(33-16)8-30-15-5-3-2-4-13(15)26-19(30)21(22,23)24/h2-7,12,14H,8-10H2,1H3,(H,25,31)(H,28,32)/t12-,14+/m0/s1. The van der Waals surface area contributed by atoms with Crippen LogP contribution < -0.4 is 10.2 Å². The van der Waals surface area contributed by atoms with Crippen molar-refractivity contribution in [1.29, 1.82) is 0 Å². The first-order valence-corrected chi connectivity index (χ1v) is 12.0. The molecule has 178 valence electrons. The molecule has 1 saturated heterocycles. The van der Waals surface area contributed by atoms with Gasteiger partial charge in [0.05, 0.1) is 28.5 Å². The van der Waals surface area contributed by atoms with Crippen molar-refractivity contribution in [1.82, 2.24) is 30.0 Å². The van der Waals surface area contributed by atoms with Gasteiger partial charge in [-0.05, 0) is 31.3 Å². The summed E-state index contributed by atoms with van der Waals surface area (Å²) in [5.41, 5.74) is 0.644. The summed E-state index contributed by atoms with van der Waals surface area (Å²) in [7, 11) is 1.92. The van der Waals surface area contributed by atoms with Crippen LogP contribution in [0.4, 0.5) is 13.2 Å². The predicted octanol–water partition coefficient (Wildman–Crippen LogP) is 3.14. The van der Waals surface area contributed by atoms with Crippen LogP contribution in [0.3, 0.4) is 0 Å². The molecule has 0 unspecified atom stereocenters. The number of carbonyl (C=O) groups excluding carboxylic acids is 1. The van der Waals surface area contributed by atoms with E-state index in [0.29, 0.717) is 33.4 Å². The molecule has 0 saturated carbocycles. The van der Waals surface area contributed by atoms with E-state index in [2.05, 4.69) is 20.5 Å². The molecule has 0 aliphatic carbocycles. The van der Waals surface area contributed by atoms with Gasteiger partial charge in [0, 0.05) is 23.9 Å². The van der Waals surface area contributed by atoms with Gasteiger partial charge in [-0.1, -0.05) is 23.5 Å². The second kappa shape index (κ2) is 8.64. The minimum Gasteiger partial charge on any atom is -0.347 e. The monoisotopic (exact) mass is 508 g/mol. The molecule has 3 aromatic heterocycles. The molecule has 0 bridgehead atoms. The lowest BCUT2D eigenvalue weighted by molar-refractivity contribution is -0.146. The summed E-state index contributed by atoms with van der Waals surface area (Å²) in [6.07, 6.45) is -4.60. The number of aromatic amines is 1. The predicted molar refractivity (Wildman–Crippen MR) is 122 cm³/mol. The Kier molecular flexibility index (Phi) is 5.78. The molecule has 0 spiro atoms. The highest BCUT2D eigenvalue weighted by Crippen LogP contribution is 2.33. The zero-order chi connectivity index (χ0) is 24.0. The van der Waals surface area contributed by atoms with E-state index in [4.69, 9.17) is 0 Å². The van der Waals surface area contributed by atoms with Crippen molar-refractivity contribution in [2.24, 2.45) is 0 Å². The van der Waals surface area contributed by atoms with Crippen LogP contribution in [-0.4, -0.2) is 56.7 Å². The van der Waals surface area contributed by atoms with Gasteiger partial charge in [0.25, 0.3) is 5.91 Å². The summed E-state index contributed by atoms with van der Waals surface area (Å²) < 4.78 is 41.9. The van der Waals surface area contributed by atoms with Crippen molar-refractivity contribution in [2.45, 2.75) is 24.7 Å². The summed E-state index contributed by atoms with van der Waals surface area (Å²) in [4.78, 5) is 31.0. The molecular weight excluding hydrogens is 489 g/mol. The Labute approximate surface area is 199 Å². The topological polar surface area (TPSA) is 95.9 Å². The molecule has 1 aromatic carbocycles. The van der Waals surface area contributed by atoms with E-state index in [1.54, 1.807) is 36.4 Å². The molecular formula is C21H19F3N6O2S2. The Hall–Kier alpha value is -3.03. The fraction of sp³-hybridized carbons (Fsp3) is 0.333. The molecule has 1 fully saturated rings.